The number of aryl methyl sites for hydroxylation is 1. The lowest BCUT2D eigenvalue weighted by Gasteiger charge is -2.37. The summed E-state index contributed by atoms with van der Waals surface area (Å²) in [5.74, 6) is 0.332. The molecule has 168 valence electrons. The summed E-state index contributed by atoms with van der Waals surface area (Å²) in [6.45, 7) is 5.88. The van der Waals surface area contributed by atoms with Crippen LogP contribution in [0, 0.1) is 12.8 Å². The number of nitrogens with one attached hydrogen (secondary N) is 1. The van der Waals surface area contributed by atoms with Crippen LogP contribution in [-0.2, 0) is 14.8 Å². The summed E-state index contributed by atoms with van der Waals surface area (Å²) >= 11 is 0. The summed E-state index contributed by atoms with van der Waals surface area (Å²) in [6, 6.07) is 1.79. The Hall–Kier alpha value is -1.87. The summed E-state index contributed by atoms with van der Waals surface area (Å²) in [5, 5.41) is 3.00. The second-order valence-electron chi connectivity index (χ2n) is 8.35. The maximum absolute atomic E-state index is 12.9. The number of carbonyl (C=O) groups excluding carboxylic acids is 2. The van der Waals surface area contributed by atoms with Crippen LogP contribution in [0.3, 0.4) is 0 Å². The first-order chi connectivity index (χ1) is 14.3. The molecule has 2 aliphatic heterocycles. The van der Waals surface area contributed by atoms with Crippen LogP contribution in [0.2, 0.25) is 0 Å². The van der Waals surface area contributed by atoms with Crippen molar-refractivity contribution in [3.8, 4) is 0 Å². The molecule has 30 heavy (non-hydrogen) atoms. The molecule has 2 fully saturated rings. The van der Waals surface area contributed by atoms with Crippen molar-refractivity contribution in [2.24, 2.45) is 5.92 Å². The molecule has 0 aromatic carbocycles. The average Bonchev–Trinajstić information content (AvgIpc) is 3.18. The molecule has 3 rings (SSSR count). The Morgan fingerprint density at radius 1 is 1.13 bits per heavy atom. The molecule has 9 heteroatoms. The van der Waals surface area contributed by atoms with Crippen LogP contribution in [0.25, 0.3) is 0 Å². The molecule has 0 saturated carbocycles. The summed E-state index contributed by atoms with van der Waals surface area (Å²) < 4.78 is 31.5. The molecular weight excluding hydrogens is 406 g/mol. The Labute approximate surface area is 179 Å². The second-order valence-corrected chi connectivity index (χ2v) is 10.4. The van der Waals surface area contributed by atoms with E-state index in [1.807, 2.05) is 18.7 Å². The van der Waals surface area contributed by atoms with Crippen LogP contribution in [0.4, 0.5) is 0 Å². The molecule has 2 amide bonds. The van der Waals surface area contributed by atoms with Crippen LogP contribution >= 0.6 is 0 Å². The molecule has 0 bridgehead atoms. The lowest BCUT2D eigenvalue weighted by Crippen LogP contribution is -2.50. The van der Waals surface area contributed by atoms with Gasteiger partial charge in [0.05, 0.1) is 12.0 Å². The number of nitrogens with zero attached hydrogens (tertiary/aromatic N) is 2. The number of sulfonamides is 1. The summed E-state index contributed by atoms with van der Waals surface area (Å²) in [6.07, 6.45) is 5.62. The second kappa shape index (κ2) is 9.96. The Kier molecular flexibility index (Phi) is 7.57. The molecule has 8 nitrogen and oxygen atoms in total. The van der Waals surface area contributed by atoms with Crippen molar-refractivity contribution in [2.75, 3.05) is 31.9 Å². The van der Waals surface area contributed by atoms with Gasteiger partial charge in [-0.2, -0.15) is 0 Å². The third-order valence-corrected chi connectivity index (χ3v) is 8.12. The van der Waals surface area contributed by atoms with Crippen LogP contribution < -0.4 is 5.32 Å². The number of unbranched alkanes of at least 4 members (excludes halogenated alkanes) is 1. The first kappa shape index (κ1) is 22.8. The number of likely N-dealkylation sites (tertiary alicyclic amines) is 1. The quantitative estimate of drug-likeness (QED) is 0.702. The van der Waals surface area contributed by atoms with E-state index in [-0.39, 0.29) is 29.5 Å². The molecule has 1 N–H and O–H groups in total. The fraction of sp³-hybridized carbons (Fsp3) is 0.714. The maximum Gasteiger partial charge on any atom is 0.287 e. The summed E-state index contributed by atoms with van der Waals surface area (Å²) in [7, 11) is -3.20. The molecule has 2 aliphatic rings. The van der Waals surface area contributed by atoms with Gasteiger partial charge < -0.3 is 14.6 Å². The van der Waals surface area contributed by atoms with E-state index in [9.17, 15) is 18.0 Å². The fourth-order valence-electron chi connectivity index (χ4n) is 4.20. The van der Waals surface area contributed by atoms with Gasteiger partial charge in [-0.15, -0.1) is 0 Å². The van der Waals surface area contributed by atoms with Gasteiger partial charge in [0.25, 0.3) is 5.91 Å². The number of amides is 2. The van der Waals surface area contributed by atoms with Crippen molar-refractivity contribution in [3.05, 3.63) is 23.7 Å². The minimum Gasteiger partial charge on any atom is -0.459 e. The highest BCUT2D eigenvalue weighted by molar-refractivity contribution is 7.89. The van der Waals surface area contributed by atoms with Gasteiger partial charge in [-0.05, 0) is 45.1 Å². The van der Waals surface area contributed by atoms with Crippen molar-refractivity contribution < 1.29 is 22.4 Å². The molecule has 0 radical (unpaired) electrons. The Bertz CT molecular complexity index is 835. The lowest BCUT2D eigenvalue weighted by molar-refractivity contribution is -0.137. The SMILES string of the molecule is CCCCS(=O)(=O)N1CCC(C(=O)N2CCC(NC(=O)c3occc3C)CC2)CC1. The van der Waals surface area contributed by atoms with Crippen LogP contribution in [0.5, 0.6) is 0 Å². The fourth-order valence-corrected chi connectivity index (χ4v) is 5.87. The maximum atomic E-state index is 12.9. The molecular formula is C21H33N3O5S. The number of piperidine rings is 2. The van der Waals surface area contributed by atoms with Crippen molar-refractivity contribution in [1.82, 2.24) is 14.5 Å². The van der Waals surface area contributed by atoms with E-state index in [2.05, 4.69) is 5.32 Å². The number of furan rings is 1. The van der Waals surface area contributed by atoms with E-state index in [1.54, 1.807) is 10.4 Å². The lowest BCUT2D eigenvalue weighted by atomic mass is 9.95. The van der Waals surface area contributed by atoms with Crippen LogP contribution in [0.15, 0.2) is 16.7 Å². The van der Waals surface area contributed by atoms with Crippen LogP contribution in [-0.4, -0.2) is 67.4 Å². The molecule has 3 heterocycles. The van der Waals surface area contributed by atoms with Gasteiger partial charge in [-0.25, -0.2) is 12.7 Å². The highest BCUT2D eigenvalue weighted by Gasteiger charge is 2.34. The zero-order chi connectivity index (χ0) is 21.7. The zero-order valence-electron chi connectivity index (χ0n) is 17.9. The van der Waals surface area contributed by atoms with Crippen molar-refractivity contribution >= 4 is 21.8 Å². The van der Waals surface area contributed by atoms with Crippen molar-refractivity contribution in [3.63, 3.8) is 0 Å². The number of rotatable bonds is 7. The van der Waals surface area contributed by atoms with E-state index in [1.165, 1.54) is 6.26 Å². The number of hydrogen-bond acceptors (Lipinski definition) is 5. The molecule has 0 atom stereocenters. The van der Waals surface area contributed by atoms with Gasteiger partial charge in [-0.3, -0.25) is 9.59 Å². The molecule has 1 aromatic rings. The predicted octanol–water partition coefficient (Wildman–Crippen LogP) is 2.15. The van der Waals surface area contributed by atoms with Crippen molar-refractivity contribution in [2.45, 2.75) is 58.4 Å². The smallest absolute Gasteiger partial charge is 0.287 e. The predicted molar refractivity (Wildman–Crippen MR) is 114 cm³/mol. The van der Waals surface area contributed by atoms with Crippen molar-refractivity contribution in [1.29, 1.82) is 0 Å². The van der Waals surface area contributed by atoms with Gasteiger partial charge in [0.2, 0.25) is 15.9 Å². The molecule has 0 spiro atoms. The van der Waals surface area contributed by atoms with Gasteiger partial charge in [-0.1, -0.05) is 13.3 Å². The standard InChI is InChI=1S/C21H33N3O5S/c1-3-4-15-30(27,28)24-12-5-17(6-13-24)21(26)23-10-7-18(8-11-23)22-20(25)19-16(2)9-14-29-19/h9,14,17-18H,3-8,10-13,15H2,1-2H3,(H,22,25). The summed E-state index contributed by atoms with van der Waals surface area (Å²) in [5.41, 5.74) is 0.808. The molecule has 0 unspecified atom stereocenters. The zero-order valence-corrected chi connectivity index (χ0v) is 18.7. The summed E-state index contributed by atoms with van der Waals surface area (Å²) in [4.78, 5) is 27.1. The minimum absolute atomic E-state index is 0.0246. The van der Waals surface area contributed by atoms with E-state index < -0.39 is 10.0 Å². The molecule has 1 aromatic heterocycles. The third-order valence-electron chi connectivity index (χ3n) is 6.16. The van der Waals surface area contributed by atoms with E-state index in [4.69, 9.17) is 4.42 Å². The van der Waals surface area contributed by atoms with Gasteiger partial charge >= 0.3 is 0 Å². The molecule has 2 saturated heterocycles. The number of hydrogen-bond donors (Lipinski definition) is 1. The Morgan fingerprint density at radius 3 is 2.37 bits per heavy atom. The monoisotopic (exact) mass is 439 g/mol. The van der Waals surface area contributed by atoms with Crippen LogP contribution in [0.1, 0.15) is 61.6 Å². The highest BCUT2D eigenvalue weighted by atomic mass is 32.2. The highest BCUT2D eigenvalue weighted by Crippen LogP contribution is 2.24. The van der Waals surface area contributed by atoms with Gasteiger partial charge in [0.1, 0.15) is 0 Å². The normalized spacial score (nSPS) is 19.7. The topological polar surface area (TPSA) is 99.9 Å². The third kappa shape index (κ3) is 5.43. The van der Waals surface area contributed by atoms with E-state index in [0.29, 0.717) is 64.0 Å². The first-order valence-corrected chi connectivity index (χ1v) is 12.5. The Balaban J connectivity index is 1.43. The number of carbonyl (C=O) groups is 2. The minimum atomic E-state index is -3.20. The van der Waals surface area contributed by atoms with E-state index in [0.717, 1.165) is 12.0 Å². The van der Waals surface area contributed by atoms with E-state index >= 15 is 0 Å². The average molecular weight is 440 g/mol. The Morgan fingerprint density at radius 2 is 1.80 bits per heavy atom. The first-order valence-electron chi connectivity index (χ1n) is 10.9. The van der Waals surface area contributed by atoms with Gasteiger partial charge in [0, 0.05) is 43.7 Å². The van der Waals surface area contributed by atoms with Gasteiger partial charge in [0.15, 0.2) is 5.76 Å². The molecule has 0 aliphatic carbocycles. The largest absolute Gasteiger partial charge is 0.459 e.